The van der Waals surface area contributed by atoms with E-state index in [0.29, 0.717) is 10.8 Å². The Morgan fingerprint density at radius 1 is 1.00 bits per heavy atom. The molecule has 0 aromatic heterocycles. The van der Waals surface area contributed by atoms with Crippen LogP contribution in [0.25, 0.3) is 0 Å². The molecule has 0 radical (unpaired) electrons. The lowest BCUT2D eigenvalue weighted by molar-refractivity contribution is 0.0638. The van der Waals surface area contributed by atoms with E-state index in [9.17, 15) is 0 Å². The molecule has 4 aliphatic rings. The van der Waals surface area contributed by atoms with Gasteiger partial charge in [-0.15, -0.1) is 0 Å². The molecule has 0 heteroatoms. The van der Waals surface area contributed by atoms with Crippen LogP contribution < -0.4 is 0 Å². The quantitative estimate of drug-likeness (QED) is 0.429. The van der Waals surface area contributed by atoms with Gasteiger partial charge in [0.1, 0.15) is 0 Å². The van der Waals surface area contributed by atoms with Crippen molar-refractivity contribution in [2.24, 2.45) is 28.6 Å². The van der Waals surface area contributed by atoms with E-state index in [-0.39, 0.29) is 0 Å². The lowest BCUT2D eigenvalue weighted by Crippen LogP contribution is -2.46. The minimum Gasteiger partial charge on any atom is -0.0884 e. The molecular weight excluding hydrogens is 276 g/mol. The summed E-state index contributed by atoms with van der Waals surface area (Å²) in [6.07, 6.45) is 18.7. The van der Waals surface area contributed by atoms with Gasteiger partial charge in [0.05, 0.1) is 0 Å². The smallest absolute Gasteiger partial charge is 0.00479 e. The molecule has 0 saturated heterocycles. The normalized spacial score (nSPS) is 49.6. The van der Waals surface area contributed by atoms with E-state index in [4.69, 9.17) is 0 Å². The maximum absolute atomic E-state index is 2.72. The average Bonchev–Trinajstić information content (AvgIpc) is 2.90. The number of rotatable bonds is 0. The van der Waals surface area contributed by atoms with E-state index in [0.717, 1.165) is 17.8 Å². The van der Waals surface area contributed by atoms with E-state index in [1.54, 1.807) is 11.1 Å². The first-order valence-electron chi connectivity index (χ1n) is 10.0. The van der Waals surface area contributed by atoms with Gasteiger partial charge in [0, 0.05) is 0 Å². The van der Waals surface area contributed by atoms with Gasteiger partial charge in [0.2, 0.25) is 0 Å². The Bertz CT molecular complexity index is 589. The number of fused-ring (bicyclic) bond motifs is 5. The van der Waals surface area contributed by atoms with Crippen LogP contribution in [0.4, 0.5) is 0 Å². The van der Waals surface area contributed by atoms with Gasteiger partial charge in [-0.05, 0) is 93.8 Å². The summed E-state index contributed by atoms with van der Waals surface area (Å²) in [5, 5.41) is 0. The van der Waals surface area contributed by atoms with Crippen molar-refractivity contribution in [3.8, 4) is 0 Å². The zero-order valence-corrected chi connectivity index (χ0v) is 15.6. The van der Waals surface area contributed by atoms with Gasteiger partial charge in [-0.2, -0.15) is 0 Å². The zero-order valence-electron chi connectivity index (χ0n) is 15.6. The van der Waals surface area contributed by atoms with Crippen molar-refractivity contribution in [1.29, 1.82) is 0 Å². The highest BCUT2D eigenvalue weighted by atomic mass is 14.6. The van der Waals surface area contributed by atoms with Crippen LogP contribution in [0.15, 0.2) is 34.9 Å². The van der Waals surface area contributed by atoms with Crippen LogP contribution in [0, 0.1) is 28.6 Å². The summed E-state index contributed by atoms with van der Waals surface area (Å²) in [6, 6.07) is 0. The first-order valence-corrected chi connectivity index (χ1v) is 10.0. The third kappa shape index (κ3) is 2.09. The van der Waals surface area contributed by atoms with Crippen LogP contribution in [-0.2, 0) is 0 Å². The fourth-order valence-electron chi connectivity index (χ4n) is 6.97. The van der Waals surface area contributed by atoms with Gasteiger partial charge >= 0.3 is 0 Å². The van der Waals surface area contributed by atoms with E-state index in [2.05, 4.69) is 45.9 Å². The van der Waals surface area contributed by atoms with Crippen LogP contribution in [0.2, 0.25) is 0 Å². The molecule has 0 N–H and O–H groups in total. The summed E-state index contributed by atoms with van der Waals surface area (Å²) >= 11 is 0. The highest BCUT2D eigenvalue weighted by Crippen LogP contribution is 2.65. The molecule has 0 spiro atoms. The second kappa shape index (κ2) is 5.36. The Hall–Kier alpha value is -0.780. The molecule has 4 rings (SSSR count). The van der Waals surface area contributed by atoms with Crippen molar-refractivity contribution in [3.63, 3.8) is 0 Å². The summed E-state index contributed by atoms with van der Waals surface area (Å²) in [5.41, 5.74) is 6.36. The summed E-state index contributed by atoms with van der Waals surface area (Å²) in [5.74, 6) is 2.73. The standard InChI is InChI=1S/C23H34/c1-5-16-11-13-23(4)18(15-16)7-9-19-20-10-8-17(6-2)22(20,3)14-12-21(19)23/h5-6,12,18-20H,7-11,13-15H2,1-4H3/b16-5-,17-6-/t18-,19?,20?,22-,23+/m1/s1. The van der Waals surface area contributed by atoms with Crippen molar-refractivity contribution in [1.82, 2.24) is 0 Å². The molecule has 0 nitrogen and oxygen atoms in total. The lowest BCUT2D eigenvalue weighted by Gasteiger charge is -2.56. The summed E-state index contributed by atoms with van der Waals surface area (Å²) in [7, 11) is 0. The average molecular weight is 311 g/mol. The predicted octanol–water partition coefficient (Wildman–Crippen LogP) is 6.84. The minimum absolute atomic E-state index is 0.481. The van der Waals surface area contributed by atoms with Crippen LogP contribution in [0.1, 0.15) is 79.1 Å². The Morgan fingerprint density at radius 2 is 1.83 bits per heavy atom. The number of allylic oxidation sites excluding steroid dienone is 6. The van der Waals surface area contributed by atoms with Crippen LogP contribution in [0.3, 0.4) is 0 Å². The summed E-state index contributed by atoms with van der Waals surface area (Å²) in [6.45, 7) is 9.70. The molecule has 0 aromatic carbocycles. The molecule has 0 bridgehead atoms. The summed E-state index contributed by atoms with van der Waals surface area (Å²) < 4.78 is 0. The monoisotopic (exact) mass is 310 g/mol. The number of hydrogen-bond donors (Lipinski definition) is 0. The Morgan fingerprint density at radius 3 is 2.57 bits per heavy atom. The van der Waals surface area contributed by atoms with Gasteiger partial charge in [-0.1, -0.05) is 48.8 Å². The maximum Gasteiger partial charge on any atom is -0.00479 e. The van der Waals surface area contributed by atoms with Crippen molar-refractivity contribution in [2.75, 3.05) is 0 Å². The van der Waals surface area contributed by atoms with E-state index >= 15 is 0 Å². The molecule has 23 heavy (non-hydrogen) atoms. The molecule has 0 heterocycles. The first kappa shape index (κ1) is 15.7. The molecule has 3 saturated carbocycles. The van der Waals surface area contributed by atoms with Crippen molar-refractivity contribution < 1.29 is 0 Å². The molecular formula is C23H34. The van der Waals surface area contributed by atoms with Gasteiger partial charge in [0.25, 0.3) is 0 Å². The van der Waals surface area contributed by atoms with E-state index in [1.165, 1.54) is 51.4 Å². The zero-order chi connectivity index (χ0) is 16.2. The lowest BCUT2D eigenvalue weighted by atomic mass is 9.49. The largest absolute Gasteiger partial charge is 0.0884 e. The summed E-state index contributed by atoms with van der Waals surface area (Å²) in [4.78, 5) is 0. The van der Waals surface area contributed by atoms with Gasteiger partial charge in [-0.25, -0.2) is 0 Å². The van der Waals surface area contributed by atoms with Crippen molar-refractivity contribution in [3.05, 3.63) is 34.9 Å². The highest BCUT2D eigenvalue weighted by Gasteiger charge is 2.55. The van der Waals surface area contributed by atoms with Gasteiger partial charge < -0.3 is 0 Å². The second-order valence-corrected chi connectivity index (χ2v) is 9.19. The Kier molecular flexibility index (Phi) is 3.67. The van der Waals surface area contributed by atoms with Crippen LogP contribution >= 0.6 is 0 Å². The van der Waals surface area contributed by atoms with Crippen molar-refractivity contribution >= 4 is 0 Å². The second-order valence-electron chi connectivity index (χ2n) is 9.19. The molecule has 2 unspecified atom stereocenters. The van der Waals surface area contributed by atoms with E-state index < -0.39 is 0 Å². The predicted molar refractivity (Wildman–Crippen MR) is 99.2 cm³/mol. The third-order valence-corrected chi connectivity index (χ3v) is 8.53. The SMILES string of the molecule is C/C=C1/CC[C@]2(C)C3=CC[C@]4(C)/C(=C\C)CCC4C3CC[C@@H]2C1. The molecule has 0 amide bonds. The number of hydrogen-bond acceptors (Lipinski definition) is 0. The van der Waals surface area contributed by atoms with Gasteiger partial charge in [0.15, 0.2) is 0 Å². The molecule has 4 aliphatic carbocycles. The topological polar surface area (TPSA) is 0 Å². The molecule has 0 aliphatic heterocycles. The first-order chi connectivity index (χ1) is 11.0. The molecule has 3 fully saturated rings. The van der Waals surface area contributed by atoms with Crippen molar-refractivity contribution in [2.45, 2.75) is 79.1 Å². The molecule has 0 aromatic rings. The van der Waals surface area contributed by atoms with Crippen LogP contribution in [-0.4, -0.2) is 0 Å². The minimum atomic E-state index is 0.481. The molecule has 126 valence electrons. The molecule has 5 atom stereocenters. The maximum atomic E-state index is 2.72. The third-order valence-electron chi connectivity index (χ3n) is 8.53. The fraction of sp³-hybridized carbons (Fsp3) is 0.739. The van der Waals surface area contributed by atoms with Crippen LogP contribution in [0.5, 0.6) is 0 Å². The Labute approximate surface area is 143 Å². The highest BCUT2D eigenvalue weighted by molar-refractivity contribution is 5.35. The van der Waals surface area contributed by atoms with E-state index in [1.807, 2.05) is 5.57 Å². The fourth-order valence-corrected chi connectivity index (χ4v) is 6.97. The Balaban J connectivity index is 1.69. The van der Waals surface area contributed by atoms with Gasteiger partial charge in [-0.3, -0.25) is 0 Å².